The zero-order valence-corrected chi connectivity index (χ0v) is 11.6. The molecule has 0 bridgehead atoms. The Labute approximate surface area is 118 Å². The number of anilines is 1. The second-order valence-electron chi connectivity index (χ2n) is 4.78. The number of aromatic nitrogens is 2. The van der Waals surface area contributed by atoms with Gasteiger partial charge in [-0.25, -0.2) is 9.97 Å². The third-order valence-electron chi connectivity index (χ3n) is 3.28. The van der Waals surface area contributed by atoms with Crippen LogP contribution in [-0.2, 0) is 0 Å². The maximum absolute atomic E-state index is 5.30. The molecule has 0 spiro atoms. The minimum atomic E-state index is 0.557. The number of hydrogen-bond donors (Lipinski definition) is 1. The van der Waals surface area contributed by atoms with Gasteiger partial charge >= 0.3 is 0 Å². The highest BCUT2D eigenvalue weighted by Crippen LogP contribution is 2.32. The van der Waals surface area contributed by atoms with Crippen LogP contribution < -0.4 is 14.8 Å². The lowest BCUT2D eigenvalue weighted by molar-refractivity contribution is 0.355. The lowest BCUT2D eigenvalue weighted by atomic mass is 10.1. The van der Waals surface area contributed by atoms with E-state index in [-0.39, 0.29) is 0 Å². The molecule has 1 fully saturated rings. The van der Waals surface area contributed by atoms with Crippen LogP contribution in [0.3, 0.4) is 0 Å². The van der Waals surface area contributed by atoms with Crippen molar-refractivity contribution in [1.29, 1.82) is 0 Å². The topological polar surface area (TPSA) is 56.3 Å². The van der Waals surface area contributed by atoms with Crippen molar-refractivity contribution in [2.45, 2.75) is 18.9 Å². The van der Waals surface area contributed by atoms with Crippen LogP contribution in [-0.4, -0.2) is 30.2 Å². The summed E-state index contributed by atoms with van der Waals surface area (Å²) < 4.78 is 10.5. The van der Waals surface area contributed by atoms with Crippen molar-refractivity contribution in [3.05, 3.63) is 30.6 Å². The molecule has 0 aliphatic heterocycles. The smallest absolute Gasteiger partial charge is 0.222 e. The van der Waals surface area contributed by atoms with Gasteiger partial charge in [0.15, 0.2) is 11.5 Å². The first kappa shape index (κ1) is 12.7. The maximum Gasteiger partial charge on any atom is 0.222 e. The van der Waals surface area contributed by atoms with Gasteiger partial charge in [0, 0.05) is 24.0 Å². The monoisotopic (exact) mass is 271 g/mol. The van der Waals surface area contributed by atoms with Crippen molar-refractivity contribution < 1.29 is 9.47 Å². The molecule has 1 N–H and O–H groups in total. The average Bonchev–Trinajstić information content (AvgIpc) is 3.31. The van der Waals surface area contributed by atoms with E-state index in [0.717, 1.165) is 11.1 Å². The van der Waals surface area contributed by atoms with E-state index in [4.69, 9.17) is 9.47 Å². The van der Waals surface area contributed by atoms with Crippen molar-refractivity contribution in [3.8, 4) is 22.6 Å². The van der Waals surface area contributed by atoms with Crippen molar-refractivity contribution in [2.75, 3.05) is 19.5 Å². The Bertz CT molecular complexity index is 595. The Morgan fingerprint density at radius 1 is 1.00 bits per heavy atom. The zero-order chi connectivity index (χ0) is 13.9. The molecule has 5 nitrogen and oxygen atoms in total. The fourth-order valence-electron chi connectivity index (χ4n) is 1.98. The Morgan fingerprint density at radius 3 is 2.30 bits per heavy atom. The molecule has 2 aromatic rings. The minimum Gasteiger partial charge on any atom is -0.493 e. The van der Waals surface area contributed by atoms with Gasteiger partial charge in [-0.1, -0.05) is 6.07 Å². The Hall–Kier alpha value is -2.30. The fraction of sp³-hybridized carbons (Fsp3) is 0.333. The molecule has 0 amide bonds. The molecular formula is C15H17N3O2. The highest BCUT2D eigenvalue weighted by molar-refractivity contribution is 5.66. The summed E-state index contributed by atoms with van der Waals surface area (Å²) in [5.74, 6) is 2.10. The number of methoxy groups -OCH3 is 2. The molecule has 5 heteroatoms. The third kappa shape index (κ3) is 2.66. The summed E-state index contributed by atoms with van der Waals surface area (Å²) in [4.78, 5) is 8.68. The van der Waals surface area contributed by atoms with Crippen molar-refractivity contribution >= 4 is 5.95 Å². The average molecular weight is 271 g/mol. The number of hydrogen-bond acceptors (Lipinski definition) is 5. The highest BCUT2D eigenvalue weighted by Gasteiger charge is 2.21. The highest BCUT2D eigenvalue weighted by atomic mass is 16.5. The van der Waals surface area contributed by atoms with E-state index in [1.54, 1.807) is 14.2 Å². The minimum absolute atomic E-state index is 0.557. The second kappa shape index (κ2) is 5.36. The molecular weight excluding hydrogens is 254 g/mol. The molecule has 0 radical (unpaired) electrons. The van der Waals surface area contributed by atoms with Crippen LogP contribution in [0.1, 0.15) is 12.8 Å². The van der Waals surface area contributed by atoms with Crippen molar-refractivity contribution in [2.24, 2.45) is 0 Å². The van der Waals surface area contributed by atoms with E-state index in [9.17, 15) is 0 Å². The molecule has 1 aliphatic carbocycles. The second-order valence-corrected chi connectivity index (χ2v) is 4.78. The van der Waals surface area contributed by atoms with E-state index in [0.29, 0.717) is 23.5 Å². The van der Waals surface area contributed by atoms with Crippen LogP contribution in [0.5, 0.6) is 11.5 Å². The third-order valence-corrected chi connectivity index (χ3v) is 3.28. The Balaban J connectivity index is 1.84. The molecule has 1 aromatic carbocycles. The summed E-state index contributed by atoms with van der Waals surface area (Å²) in [7, 11) is 3.25. The van der Waals surface area contributed by atoms with E-state index in [2.05, 4.69) is 15.3 Å². The van der Waals surface area contributed by atoms with Gasteiger partial charge in [-0.15, -0.1) is 0 Å². The van der Waals surface area contributed by atoms with E-state index < -0.39 is 0 Å². The van der Waals surface area contributed by atoms with Gasteiger partial charge in [-0.05, 0) is 30.5 Å². The van der Waals surface area contributed by atoms with E-state index in [1.165, 1.54) is 12.8 Å². The molecule has 104 valence electrons. The van der Waals surface area contributed by atoms with Crippen LogP contribution in [0.4, 0.5) is 5.95 Å². The van der Waals surface area contributed by atoms with E-state index in [1.807, 2.05) is 30.6 Å². The first-order valence-corrected chi connectivity index (χ1v) is 6.61. The normalized spacial score (nSPS) is 13.9. The molecule has 20 heavy (non-hydrogen) atoms. The van der Waals surface area contributed by atoms with Crippen LogP contribution in [0, 0.1) is 0 Å². The summed E-state index contributed by atoms with van der Waals surface area (Å²) in [6, 6.07) is 6.33. The summed E-state index contributed by atoms with van der Waals surface area (Å²) in [6.07, 6.45) is 6.06. The number of ether oxygens (including phenoxy) is 2. The number of benzene rings is 1. The quantitative estimate of drug-likeness (QED) is 0.906. The largest absolute Gasteiger partial charge is 0.493 e. The lowest BCUT2D eigenvalue weighted by Crippen LogP contribution is -2.04. The maximum atomic E-state index is 5.30. The first-order valence-electron chi connectivity index (χ1n) is 6.61. The summed E-state index contributed by atoms with van der Waals surface area (Å²) in [5, 5.41) is 3.27. The molecule has 1 heterocycles. The van der Waals surface area contributed by atoms with E-state index >= 15 is 0 Å². The predicted octanol–water partition coefficient (Wildman–Crippen LogP) is 2.74. The summed E-state index contributed by atoms with van der Waals surface area (Å²) in [5.41, 5.74) is 1.95. The van der Waals surface area contributed by atoms with Crippen molar-refractivity contribution in [3.63, 3.8) is 0 Å². The van der Waals surface area contributed by atoms with Gasteiger partial charge in [-0.2, -0.15) is 0 Å². The SMILES string of the molecule is COc1ccc(-c2cnc(NC3CC3)nc2)cc1OC. The van der Waals surface area contributed by atoms with Gasteiger partial charge in [-0.3, -0.25) is 0 Å². The van der Waals surface area contributed by atoms with Gasteiger partial charge in [0.2, 0.25) is 5.95 Å². The number of nitrogens with one attached hydrogen (secondary N) is 1. The molecule has 3 rings (SSSR count). The molecule has 0 saturated heterocycles. The lowest BCUT2D eigenvalue weighted by Gasteiger charge is -2.09. The Kier molecular flexibility index (Phi) is 3.41. The molecule has 1 aliphatic rings. The van der Waals surface area contributed by atoms with Gasteiger partial charge in [0.25, 0.3) is 0 Å². The van der Waals surface area contributed by atoms with Gasteiger partial charge < -0.3 is 14.8 Å². The molecule has 1 aromatic heterocycles. The fourth-order valence-corrected chi connectivity index (χ4v) is 1.98. The van der Waals surface area contributed by atoms with Gasteiger partial charge in [0.05, 0.1) is 14.2 Å². The van der Waals surface area contributed by atoms with Crippen molar-refractivity contribution in [1.82, 2.24) is 9.97 Å². The summed E-state index contributed by atoms with van der Waals surface area (Å²) in [6.45, 7) is 0. The van der Waals surface area contributed by atoms with Crippen LogP contribution in [0.25, 0.3) is 11.1 Å². The summed E-state index contributed by atoms with van der Waals surface area (Å²) >= 11 is 0. The van der Waals surface area contributed by atoms with Crippen LogP contribution >= 0.6 is 0 Å². The molecule has 0 atom stereocenters. The van der Waals surface area contributed by atoms with Crippen LogP contribution in [0.15, 0.2) is 30.6 Å². The standard InChI is InChI=1S/C15H17N3O2/c1-19-13-6-3-10(7-14(13)20-2)11-8-16-15(17-9-11)18-12-4-5-12/h3,6-9,12H,4-5H2,1-2H3,(H,16,17,18). The predicted molar refractivity (Wildman–Crippen MR) is 77.2 cm³/mol. The number of nitrogens with zero attached hydrogens (tertiary/aromatic N) is 2. The molecule has 1 saturated carbocycles. The van der Waals surface area contributed by atoms with Gasteiger partial charge in [0.1, 0.15) is 0 Å². The molecule has 0 unspecified atom stereocenters. The Morgan fingerprint density at radius 2 is 1.70 bits per heavy atom. The van der Waals surface area contributed by atoms with Crippen LogP contribution in [0.2, 0.25) is 0 Å². The zero-order valence-electron chi connectivity index (χ0n) is 11.6. The number of rotatable bonds is 5. The first-order chi connectivity index (χ1) is 9.80.